The summed E-state index contributed by atoms with van der Waals surface area (Å²) < 4.78 is 0. The maximum atomic E-state index is 11.7. The second kappa shape index (κ2) is 6.60. The van der Waals surface area contributed by atoms with Crippen molar-refractivity contribution < 1.29 is 4.79 Å². The number of rotatable bonds is 6. The summed E-state index contributed by atoms with van der Waals surface area (Å²) in [5.41, 5.74) is 2.34. The fourth-order valence-corrected chi connectivity index (χ4v) is 2.41. The van der Waals surface area contributed by atoms with Crippen LogP contribution in [0, 0.1) is 5.92 Å². The highest BCUT2D eigenvalue weighted by Gasteiger charge is 2.29. The van der Waals surface area contributed by atoms with Crippen LogP contribution in [-0.4, -0.2) is 17.4 Å². The molecular weight excluding hydrogens is 274 g/mol. The van der Waals surface area contributed by atoms with Crippen molar-refractivity contribution in [2.24, 2.45) is 5.92 Å². The molecule has 1 aromatic heterocycles. The van der Waals surface area contributed by atoms with Gasteiger partial charge >= 0.3 is 0 Å². The smallest absolute Gasteiger partial charge is 0.228 e. The van der Waals surface area contributed by atoms with E-state index in [0.29, 0.717) is 5.82 Å². The molecule has 0 bridgehead atoms. The molecule has 4 heteroatoms. The predicted octanol–water partition coefficient (Wildman–Crippen LogP) is 3.46. The van der Waals surface area contributed by atoms with Crippen molar-refractivity contribution in [2.75, 3.05) is 16.8 Å². The molecule has 0 atom stereocenters. The first-order valence-corrected chi connectivity index (χ1v) is 7.82. The van der Waals surface area contributed by atoms with E-state index in [-0.39, 0.29) is 11.8 Å². The number of nitrogens with zero attached hydrogens (tertiary/aromatic N) is 2. The van der Waals surface area contributed by atoms with Crippen LogP contribution in [0.25, 0.3) is 0 Å². The van der Waals surface area contributed by atoms with Crippen LogP contribution >= 0.6 is 0 Å². The lowest BCUT2D eigenvalue weighted by Crippen LogP contribution is -2.22. The van der Waals surface area contributed by atoms with Gasteiger partial charge in [0.05, 0.1) is 11.9 Å². The second-order valence-electron chi connectivity index (χ2n) is 5.66. The number of carbonyl (C=O) groups is 1. The minimum Gasteiger partial charge on any atom is -0.366 e. The average molecular weight is 295 g/mol. The van der Waals surface area contributed by atoms with Gasteiger partial charge in [-0.05, 0) is 37.5 Å². The van der Waals surface area contributed by atoms with Gasteiger partial charge in [0.25, 0.3) is 0 Å². The van der Waals surface area contributed by atoms with E-state index in [0.717, 1.165) is 31.6 Å². The van der Waals surface area contributed by atoms with Crippen molar-refractivity contribution in [3.8, 4) is 0 Å². The number of pyridine rings is 1. The number of hydrogen-bond donors (Lipinski definition) is 1. The molecule has 3 rings (SSSR count). The molecule has 1 amide bonds. The van der Waals surface area contributed by atoms with Crippen LogP contribution in [0.5, 0.6) is 0 Å². The maximum absolute atomic E-state index is 11.7. The summed E-state index contributed by atoms with van der Waals surface area (Å²) in [6.45, 7) is 3.89. The lowest BCUT2D eigenvalue weighted by atomic mass is 10.2. The number of carbonyl (C=O) groups excluding carboxylic acids is 1. The summed E-state index contributed by atoms with van der Waals surface area (Å²) in [4.78, 5) is 18.4. The zero-order valence-electron chi connectivity index (χ0n) is 12.8. The minimum atomic E-state index is 0.0943. The first-order chi connectivity index (χ1) is 10.8. The van der Waals surface area contributed by atoms with Gasteiger partial charge in [0, 0.05) is 19.0 Å². The van der Waals surface area contributed by atoms with Gasteiger partial charge in [0.15, 0.2) is 0 Å². The number of aromatic nitrogens is 1. The van der Waals surface area contributed by atoms with Crippen LogP contribution in [0.4, 0.5) is 11.5 Å². The Morgan fingerprint density at radius 1 is 1.23 bits per heavy atom. The van der Waals surface area contributed by atoms with E-state index in [1.54, 1.807) is 0 Å². The van der Waals surface area contributed by atoms with Gasteiger partial charge in [0.1, 0.15) is 5.82 Å². The molecule has 0 aliphatic heterocycles. The Morgan fingerprint density at radius 3 is 2.59 bits per heavy atom. The van der Waals surface area contributed by atoms with Crippen LogP contribution in [0.2, 0.25) is 0 Å². The molecule has 1 saturated carbocycles. The summed E-state index contributed by atoms with van der Waals surface area (Å²) in [5.74, 6) is 0.931. The minimum absolute atomic E-state index is 0.0943. The van der Waals surface area contributed by atoms with Gasteiger partial charge in [-0.15, -0.1) is 0 Å². The third-order valence-electron chi connectivity index (χ3n) is 3.91. The number of anilines is 2. The average Bonchev–Trinajstić information content (AvgIpc) is 3.39. The molecule has 4 nitrogen and oxygen atoms in total. The van der Waals surface area contributed by atoms with Crippen LogP contribution in [0.3, 0.4) is 0 Å². The Hall–Kier alpha value is -2.36. The van der Waals surface area contributed by atoms with E-state index in [1.807, 2.05) is 24.4 Å². The topological polar surface area (TPSA) is 45.2 Å². The molecule has 0 spiro atoms. The van der Waals surface area contributed by atoms with Gasteiger partial charge in [-0.2, -0.15) is 0 Å². The zero-order valence-corrected chi connectivity index (χ0v) is 12.8. The molecule has 1 aliphatic carbocycles. The zero-order chi connectivity index (χ0) is 15.4. The van der Waals surface area contributed by atoms with E-state index in [9.17, 15) is 4.79 Å². The van der Waals surface area contributed by atoms with Crippen LogP contribution in [0.1, 0.15) is 25.3 Å². The molecule has 22 heavy (non-hydrogen) atoms. The molecule has 2 aromatic rings. The molecule has 114 valence electrons. The first kappa shape index (κ1) is 14.6. The van der Waals surface area contributed by atoms with E-state index >= 15 is 0 Å². The summed E-state index contributed by atoms with van der Waals surface area (Å²) >= 11 is 0. The number of hydrogen-bond acceptors (Lipinski definition) is 3. The molecule has 0 radical (unpaired) electrons. The van der Waals surface area contributed by atoms with Crippen LogP contribution < -0.4 is 10.2 Å². The Labute approximate surface area is 131 Å². The molecule has 1 N–H and O–H groups in total. The quantitative estimate of drug-likeness (QED) is 0.887. The van der Waals surface area contributed by atoms with Gasteiger partial charge in [-0.25, -0.2) is 4.98 Å². The largest absolute Gasteiger partial charge is 0.366 e. The maximum Gasteiger partial charge on any atom is 0.228 e. The highest BCUT2D eigenvalue weighted by molar-refractivity contribution is 5.93. The second-order valence-corrected chi connectivity index (χ2v) is 5.66. The molecule has 1 fully saturated rings. The monoisotopic (exact) mass is 295 g/mol. The molecule has 1 aromatic carbocycles. The standard InChI is InChI=1S/C18H21N3O/c1-2-21(13-14-6-4-3-5-7-14)16-10-11-17(19-12-16)20-18(22)15-8-9-15/h3-7,10-12,15H,2,8-9,13H2,1H3,(H,19,20,22). The molecular formula is C18H21N3O. The summed E-state index contributed by atoms with van der Waals surface area (Å²) in [5, 5.41) is 2.87. The molecule has 0 unspecified atom stereocenters. The molecule has 1 aliphatic rings. The van der Waals surface area contributed by atoms with E-state index < -0.39 is 0 Å². The first-order valence-electron chi connectivity index (χ1n) is 7.82. The third kappa shape index (κ3) is 3.64. The number of benzene rings is 1. The van der Waals surface area contributed by atoms with Gasteiger partial charge in [-0.1, -0.05) is 30.3 Å². The highest BCUT2D eigenvalue weighted by atomic mass is 16.2. The fraction of sp³-hybridized carbons (Fsp3) is 0.333. The van der Waals surface area contributed by atoms with Crippen molar-refractivity contribution in [2.45, 2.75) is 26.3 Å². The Balaban J connectivity index is 1.65. The predicted molar refractivity (Wildman–Crippen MR) is 88.8 cm³/mol. The van der Waals surface area contributed by atoms with Crippen LogP contribution in [0.15, 0.2) is 48.7 Å². The van der Waals surface area contributed by atoms with Gasteiger partial charge < -0.3 is 10.2 Å². The van der Waals surface area contributed by atoms with Crippen molar-refractivity contribution in [1.29, 1.82) is 0 Å². The number of nitrogens with one attached hydrogen (secondary N) is 1. The lowest BCUT2D eigenvalue weighted by molar-refractivity contribution is -0.117. The van der Waals surface area contributed by atoms with Crippen molar-refractivity contribution in [1.82, 2.24) is 4.98 Å². The normalized spacial score (nSPS) is 13.7. The fourth-order valence-electron chi connectivity index (χ4n) is 2.41. The van der Waals surface area contributed by atoms with Gasteiger partial charge in [0.2, 0.25) is 5.91 Å². The molecule has 1 heterocycles. The third-order valence-corrected chi connectivity index (χ3v) is 3.91. The number of amides is 1. The van der Waals surface area contributed by atoms with Gasteiger partial charge in [-0.3, -0.25) is 4.79 Å². The summed E-state index contributed by atoms with van der Waals surface area (Å²) in [6, 6.07) is 14.3. The summed E-state index contributed by atoms with van der Waals surface area (Å²) in [6.07, 6.45) is 3.84. The SMILES string of the molecule is CCN(Cc1ccccc1)c1ccc(NC(=O)C2CC2)nc1. The van der Waals surface area contributed by atoms with E-state index in [2.05, 4.69) is 46.4 Å². The van der Waals surface area contributed by atoms with E-state index in [4.69, 9.17) is 0 Å². The Bertz CT molecular complexity index is 621. The van der Waals surface area contributed by atoms with E-state index in [1.165, 1.54) is 5.56 Å². The van der Waals surface area contributed by atoms with Crippen LogP contribution in [-0.2, 0) is 11.3 Å². The lowest BCUT2D eigenvalue weighted by Gasteiger charge is -2.23. The van der Waals surface area contributed by atoms with Crippen molar-refractivity contribution in [3.05, 3.63) is 54.2 Å². The molecule has 0 saturated heterocycles. The van der Waals surface area contributed by atoms with Crippen molar-refractivity contribution >= 4 is 17.4 Å². The Kier molecular flexibility index (Phi) is 4.37. The highest BCUT2D eigenvalue weighted by Crippen LogP contribution is 2.30. The summed E-state index contributed by atoms with van der Waals surface area (Å²) in [7, 11) is 0. The van der Waals surface area contributed by atoms with Crippen molar-refractivity contribution in [3.63, 3.8) is 0 Å². The Morgan fingerprint density at radius 2 is 2.00 bits per heavy atom.